The molecule has 41 heavy (non-hydrogen) atoms. The van der Waals surface area contributed by atoms with Gasteiger partial charge in [-0.3, -0.25) is 14.2 Å². The molecule has 3 aromatic carbocycles. The molecule has 0 unspecified atom stereocenters. The molecule has 11 heteroatoms. The fraction of sp³-hybridized carbons (Fsp3) is 0.267. The van der Waals surface area contributed by atoms with Crippen LogP contribution in [-0.2, 0) is 22.6 Å². The molecule has 214 valence electrons. The van der Waals surface area contributed by atoms with Crippen LogP contribution in [0.25, 0.3) is 5.69 Å². The molecule has 10 nitrogen and oxygen atoms in total. The van der Waals surface area contributed by atoms with Gasteiger partial charge in [0.1, 0.15) is 17.2 Å². The van der Waals surface area contributed by atoms with E-state index in [0.717, 1.165) is 28.1 Å². The number of aryl methyl sites for hydroxylation is 2. The van der Waals surface area contributed by atoms with Crippen molar-refractivity contribution in [2.75, 3.05) is 32.4 Å². The molecule has 0 aliphatic rings. The lowest BCUT2D eigenvalue weighted by molar-refractivity contribution is -0.120. The number of hydrogen-bond donors (Lipinski definition) is 2. The van der Waals surface area contributed by atoms with Crippen molar-refractivity contribution in [3.05, 3.63) is 83.2 Å². The van der Waals surface area contributed by atoms with E-state index in [-0.39, 0.29) is 30.5 Å². The highest BCUT2D eigenvalue weighted by molar-refractivity contribution is 7.99. The van der Waals surface area contributed by atoms with Crippen molar-refractivity contribution in [1.29, 1.82) is 0 Å². The zero-order valence-corrected chi connectivity index (χ0v) is 24.5. The minimum Gasteiger partial charge on any atom is -0.497 e. The predicted octanol–water partition coefficient (Wildman–Crippen LogP) is 4.50. The number of ether oxygens (including phenoxy) is 3. The summed E-state index contributed by atoms with van der Waals surface area (Å²) in [6.07, 6.45) is 0.195. The highest BCUT2D eigenvalue weighted by Gasteiger charge is 2.20. The Morgan fingerprint density at radius 3 is 2.29 bits per heavy atom. The van der Waals surface area contributed by atoms with E-state index in [1.807, 2.05) is 56.3 Å². The van der Waals surface area contributed by atoms with E-state index in [4.69, 9.17) is 14.2 Å². The molecule has 0 radical (unpaired) electrons. The Labute approximate surface area is 243 Å². The third-order valence-electron chi connectivity index (χ3n) is 6.29. The second kappa shape index (κ2) is 13.7. The number of benzene rings is 3. The lowest BCUT2D eigenvalue weighted by atomic mass is 10.1. The van der Waals surface area contributed by atoms with Crippen LogP contribution >= 0.6 is 11.8 Å². The first-order chi connectivity index (χ1) is 19.8. The second-order valence-corrected chi connectivity index (χ2v) is 10.2. The first-order valence-corrected chi connectivity index (χ1v) is 13.9. The van der Waals surface area contributed by atoms with Crippen molar-refractivity contribution < 1.29 is 23.8 Å². The number of hydrogen-bond acceptors (Lipinski definition) is 8. The summed E-state index contributed by atoms with van der Waals surface area (Å²) in [5.41, 5.74) is 4.28. The lowest BCUT2D eigenvalue weighted by Crippen LogP contribution is -2.26. The van der Waals surface area contributed by atoms with Crippen LogP contribution in [0.3, 0.4) is 0 Å². The highest BCUT2D eigenvalue weighted by atomic mass is 32.2. The third kappa shape index (κ3) is 7.57. The van der Waals surface area contributed by atoms with Crippen LogP contribution in [0.4, 0.5) is 5.69 Å². The molecule has 0 atom stereocenters. The summed E-state index contributed by atoms with van der Waals surface area (Å²) < 4.78 is 18.0. The summed E-state index contributed by atoms with van der Waals surface area (Å²) in [7, 11) is 4.74. The standard InChI is InChI=1S/C30H33N5O5S/c1-19-6-7-20(2)24(14-19)32-29(37)18-41-30-34-33-27(35(30)25-16-23(39-4)12-13-26(25)40-5)17-31-28(36)15-21-8-10-22(38-3)11-9-21/h6-14,16H,15,17-18H2,1-5H3,(H,31,36)(H,32,37). The normalized spacial score (nSPS) is 10.7. The largest absolute Gasteiger partial charge is 0.497 e. The zero-order valence-electron chi connectivity index (χ0n) is 23.7. The Bertz CT molecular complexity index is 1520. The van der Waals surface area contributed by atoms with E-state index in [1.54, 1.807) is 44.1 Å². The average molecular weight is 576 g/mol. The molecule has 1 aromatic heterocycles. The zero-order chi connectivity index (χ0) is 29.4. The maximum Gasteiger partial charge on any atom is 0.234 e. The van der Waals surface area contributed by atoms with Crippen molar-refractivity contribution >= 4 is 29.3 Å². The molecule has 4 rings (SSSR count). The first kappa shape index (κ1) is 29.5. The molecule has 0 bridgehead atoms. The molecular weight excluding hydrogens is 542 g/mol. The van der Waals surface area contributed by atoms with Crippen LogP contribution in [0, 0.1) is 13.8 Å². The summed E-state index contributed by atoms with van der Waals surface area (Å²) in [4.78, 5) is 25.6. The number of amides is 2. The fourth-order valence-electron chi connectivity index (χ4n) is 4.08. The van der Waals surface area contributed by atoms with E-state index in [2.05, 4.69) is 20.8 Å². The molecule has 0 fully saturated rings. The minimum atomic E-state index is -0.176. The molecule has 0 aliphatic carbocycles. The number of aromatic nitrogens is 3. The van der Waals surface area contributed by atoms with Gasteiger partial charge in [0.2, 0.25) is 11.8 Å². The number of thioether (sulfide) groups is 1. The Hall–Kier alpha value is -4.51. The van der Waals surface area contributed by atoms with Crippen molar-refractivity contribution in [1.82, 2.24) is 20.1 Å². The summed E-state index contributed by atoms with van der Waals surface area (Å²) in [5.74, 6) is 2.10. The SMILES string of the molecule is COc1ccc(CC(=O)NCc2nnc(SCC(=O)Nc3cc(C)ccc3C)n2-c2cc(OC)ccc2OC)cc1. The number of carbonyl (C=O) groups excluding carboxylic acids is 2. The summed E-state index contributed by atoms with van der Waals surface area (Å²) in [5, 5.41) is 15.1. The maximum absolute atomic E-state index is 12.9. The fourth-order valence-corrected chi connectivity index (χ4v) is 4.84. The van der Waals surface area contributed by atoms with Crippen LogP contribution in [0.2, 0.25) is 0 Å². The number of carbonyl (C=O) groups is 2. The average Bonchev–Trinajstić information content (AvgIpc) is 3.39. The molecule has 0 saturated carbocycles. The van der Waals surface area contributed by atoms with Crippen molar-refractivity contribution in [3.63, 3.8) is 0 Å². The van der Waals surface area contributed by atoms with Gasteiger partial charge in [0.15, 0.2) is 11.0 Å². The van der Waals surface area contributed by atoms with Crippen molar-refractivity contribution in [2.24, 2.45) is 0 Å². The summed E-state index contributed by atoms with van der Waals surface area (Å²) >= 11 is 1.23. The smallest absolute Gasteiger partial charge is 0.234 e. The van der Waals surface area contributed by atoms with Gasteiger partial charge < -0.3 is 24.8 Å². The Kier molecular flexibility index (Phi) is 9.86. The van der Waals surface area contributed by atoms with Gasteiger partial charge in [0.05, 0.1) is 45.7 Å². The van der Waals surface area contributed by atoms with Gasteiger partial charge in [-0.25, -0.2) is 0 Å². The number of nitrogens with zero attached hydrogens (tertiary/aromatic N) is 3. The second-order valence-electron chi connectivity index (χ2n) is 9.23. The van der Waals surface area contributed by atoms with Crippen molar-refractivity contribution in [3.8, 4) is 22.9 Å². The topological polar surface area (TPSA) is 117 Å². The number of methoxy groups -OCH3 is 3. The Morgan fingerprint density at radius 1 is 0.854 bits per heavy atom. The first-order valence-electron chi connectivity index (χ1n) is 12.9. The van der Waals surface area contributed by atoms with Gasteiger partial charge in [0.25, 0.3) is 0 Å². The summed E-state index contributed by atoms with van der Waals surface area (Å²) in [6.45, 7) is 4.03. The van der Waals surface area contributed by atoms with Crippen molar-refractivity contribution in [2.45, 2.75) is 32.0 Å². The van der Waals surface area contributed by atoms with Gasteiger partial charge >= 0.3 is 0 Å². The van der Waals surface area contributed by atoms with Crippen LogP contribution in [0.1, 0.15) is 22.5 Å². The number of nitrogens with one attached hydrogen (secondary N) is 2. The van der Waals surface area contributed by atoms with Crippen LogP contribution in [0.5, 0.6) is 17.2 Å². The van der Waals surface area contributed by atoms with Crippen LogP contribution in [0.15, 0.2) is 65.8 Å². The molecule has 2 amide bonds. The van der Waals surface area contributed by atoms with Gasteiger partial charge in [0, 0.05) is 11.8 Å². The molecular formula is C30H33N5O5S. The van der Waals surface area contributed by atoms with E-state index in [0.29, 0.717) is 28.2 Å². The Balaban J connectivity index is 1.54. The minimum absolute atomic E-state index is 0.0988. The quantitative estimate of drug-likeness (QED) is 0.237. The Morgan fingerprint density at radius 2 is 1.59 bits per heavy atom. The monoisotopic (exact) mass is 575 g/mol. The van der Waals surface area contributed by atoms with Gasteiger partial charge in [-0.1, -0.05) is 36.0 Å². The van der Waals surface area contributed by atoms with Crippen LogP contribution < -0.4 is 24.8 Å². The highest BCUT2D eigenvalue weighted by Crippen LogP contribution is 2.32. The van der Waals surface area contributed by atoms with E-state index in [1.165, 1.54) is 11.8 Å². The molecule has 0 spiro atoms. The van der Waals surface area contributed by atoms with Gasteiger partial charge in [-0.15, -0.1) is 10.2 Å². The third-order valence-corrected chi connectivity index (χ3v) is 7.22. The molecule has 4 aromatic rings. The van der Waals surface area contributed by atoms with E-state index < -0.39 is 0 Å². The maximum atomic E-state index is 12.9. The van der Waals surface area contributed by atoms with Gasteiger partial charge in [-0.2, -0.15) is 0 Å². The number of anilines is 1. The van der Waals surface area contributed by atoms with Gasteiger partial charge in [-0.05, 0) is 60.9 Å². The van der Waals surface area contributed by atoms with E-state index >= 15 is 0 Å². The number of rotatable bonds is 12. The molecule has 1 heterocycles. The van der Waals surface area contributed by atoms with E-state index in [9.17, 15) is 9.59 Å². The summed E-state index contributed by atoms with van der Waals surface area (Å²) in [6, 6.07) is 18.6. The molecule has 2 N–H and O–H groups in total. The lowest BCUT2D eigenvalue weighted by Gasteiger charge is -2.15. The molecule has 0 saturated heterocycles. The van der Waals surface area contributed by atoms with Crippen LogP contribution in [-0.4, -0.2) is 53.7 Å². The predicted molar refractivity (Wildman–Crippen MR) is 158 cm³/mol. The molecule has 0 aliphatic heterocycles.